The monoisotopic (exact) mass is 254 g/mol. The molecule has 0 fully saturated rings. The van der Waals surface area contributed by atoms with E-state index in [-0.39, 0.29) is 0 Å². The zero-order chi connectivity index (χ0) is 14.0. The second-order valence-electron chi connectivity index (χ2n) is 5.52. The van der Waals surface area contributed by atoms with Crippen molar-refractivity contribution in [3.8, 4) is 0 Å². The molecule has 0 aliphatic rings. The third-order valence-corrected chi connectivity index (χ3v) is 3.32. The van der Waals surface area contributed by atoms with Crippen LogP contribution in [-0.4, -0.2) is 38.2 Å². The summed E-state index contributed by atoms with van der Waals surface area (Å²) in [4.78, 5) is 0. The van der Waals surface area contributed by atoms with Crippen molar-refractivity contribution in [3.05, 3.63) is 12.3 Å². The van der Waals surface area contributed by atoms with Crippen molar-refractivity contribution in [2.45, 2.75) is 58.8 Å². The van der Waals surface area contributed by atoms with E-state index in [1.54, 1.807) is 44.6 Å². The molecule has 0 aliphatic heterocycles. The lowest BCUT2D eigenvalue weighted by Crippen LogP contribution is -2.54. The number of aromatic nitrogens is 2. The van der Waals surface area contributed by atoms with Crippen molar-refractivity contribution in [2.24, 2.45) is 0 Å². The molecule has 1 rings (SSSR count). The molecule has 5 nitrogen and oxygen atoms in total. The summed E-state index contributed by atoms with van der Waals surface area (Å²) in [5, 5.41) is 24.3. The van der Waals surface area contributed by atoms with E-state index in [1.807, 2.05) is 6.92 Å². The first-order valence-electron chi connectivity index (χ1n) is 6.29. The van der Waals surface area contributed by atoms with Crippen LogP contribution in [0.4, 0.5) is 0 Å². The van der Waals surface area contributed by atoms with Crippen LogP contribution in [0.1, 0.15) is 41.0 Å². The maximum Gasteiger partial charge on any atom is 0.510 e. The van der Waals surface area contributed by atoms with Crippen molar-refractivity contribution in [3.63, 3.8) is 0 Å². The highest BCUT2D eigenvalue weighted by Crippen LogP contribution is 2.25. The Kier molecular flexibility index (Phi) is 4.58. The average molecular weight is 254 g/mol. The Morgan fingerprint density at radius 3 is 2.50 bits per heavy atom. The van der Waals surface area contributed by atoms with Crippen LogP contribution in [-0.2, 0) is 11.2 Å². The molecule has 2 N–H and O–H groups in total. The standard InChI is InChI=1S/C12H23BN2O3/c1-6-9-15-10(7-8-14-15)13(17)18-12(4,5)11(2,3)16/h7-8,16-17H,6,9H2,1-5H3. The quantitative estimate of drug-likeness (QED) is 0.727. The van der Waals surface area contributed by atoms with Gasteiger partial charge in [0.25, 0.3) is 0 Å². The van der Waals surface area contributed by atoms with Crippen molar-refractivity contribution in [1.29, 1.82) is 0 Å². The van der Waals surface area contributed by atoms with E-state index in [4.69, 9.17) is 4.65 Å². The number of aryl methyl sites for hydroxylation is 1. The van der Waals surface area contributed by atoms with Crippen LogP contribution in [0.3, 0.4) is 0 Å². The van der Waals surface area contributed by atoms with Crippen molar-refractivity contribution in [2.75, 3.05) is 0 Å². The van der Waals surface area contributed by atoms with E-state index < -0.39 is 18.3 Å². The van der Waals surface area contributed by atoms with Crippen LogP contribution in [0.15, 0.2) is 12.3 Å². The van der Waals surface area contributed by atoms with Gasteiger partial charge in [-0.05, 0) is 40.2 Å². The van der Waals surface area contributed by atoms with Gasteiger partial charge in [0, 0.05) is 12.7 Å². The molecule has 0 radical (unpaired) electrons. The second kappa shape index (κ2) is 5.42. The van der Waals surface area contributed by atoms with Gasteiger partial charge < -0.3 is 14.8 Å². The lowest BCUT2D eigenvalue weighted by Gasteiger charge is -2.38. The van der Waals surface area contributed by atoms with E-state index in [0.29, 0.717) is 5.59 Å². The summed E-state index contributed by atoms with van der Waals surface area (Å²) in [6, 6.07) is 1.72. The molecule has 0 saturated heterocycles. The van der Waals surface area contributed by atoms with Crippen LogP contribution in [0.25, 0.3) is 0 Å². The summed E-state index contributed by atoms with van der Waals surface area (Å²) >= 11 is 0. The van der Waals surface area contributed by atoms with Crippen LogP contribution in [0.2, 0.25) is 0 Å². The van der Waals surface area contributed by atoms with E-state index >= 15 is 0 Å². The van der Waals surface area contributed by atoms with Crippen molar-refractivity contribution in [1.82, 2.24) is 9.78 Å². The number of aliphatic hydroxyl groups is 1. The maximum atomic E-state index is 10.1. The van der Waals surface area contributed by atoms with Crippen LogP contribution >= 0.6 is 0 Å². The summed E-state index contributed by atoms with van der Waals surface area (Å²) in [6.45, 7) is 9.57. The Bertz CT molecular complexity index is 385. The molecule has 0 saturated carbocycles. The summed E-state index contributed by atoms with van der Waals surface area (Å²) in [5.74, 6) is 0. The molecule has 0 spiro atoms. The predicted molar refractivity (Wildman–Crippen MR) is 71.6 cm³/mol. The lowest BCUT2D eigenvalue weighted by molar-refractivity contribution is -0.0984. The molecule has 1 heterocycles. The van der Waals surface area contributed by atoms with Gasteiger partial charge in [-0.3, -0.25) is 4.68 Å². The lowest BCUT2D eigenvalue weighted by atomic mass is 9.80. The van der Waals surface area contributed by atoms with Gasteiger partial charge in [-0.1, -0.05) is 6.92 Å². The summed E-state index contributed by atoms with van der Waals surface area (Å²) in [6.07, 6.45) is 2.56. The van der Waals surface area contributed by atoms with Gasteiger partial charge in [-0.2, -0.15) is 5.10 Å². The molecular weight excluding hydrogens is 231 g/mol. The van der Waals surface area contributed by atoms with Crippen LogP contribution < -0.4 is 5.59 Å². The Balaban J connectivity index is 2.82. The minimum atomic E-state index is -1.10. The highest BCUT2D eigenvalue weighted by atomic mass is 16.5. The fourth-order valence-electron chi connectivity index (χ4n) is 1.43. The first kappa shape index (κ1) is 15.2. The second-order valence-corrected chi connectivity index (χ2v) is 5.52. The van der Waals surface area contributed by atoms with Gasteiger partial charge in [0.15, 0.2) is 0 Å². The third kappa shape index (κ3) is 3.34. The normalized spacial score (nSPS) is 12.8. The Hall–Kier alpha value is -0.845. The first-order chi connectivity index (χ1) is 8.19. The van der Waals surface area contributed by atoms with Gasteiger partial charge in [0.1, 0.15) is 0 Å². The smallest absolute Gasteiger partial charge is 0.422 e. The van der Waals surface area contributed by atoms with Gasteiger partial charge in [0.2, 0.25) is 0 Å². The average Bonchev–Trinajstić information content (AvgIpc) is 2.64. The fraction of sp³-hybridized carbons (Fsp3) is 0.750. The third-order valence-electron chi connectivity index (χ3n) is 3.32. The Morgan fingerprint density at radius 1 is 1.39 bits per heavy atom. The predicted octanol–water partition coefficient (Wildman–Crippen LogP) is 0.547. The molecular formula is C12H23BN2O3. The summed E-state index contributed by atoms with van der Waals surface area (Å²) in [7, 11) is -1.10. The summed E-state index contributed by atoms with van der Waals surface area (Å²) in [5.41, 5.74) is -1.31. The topological polar surface area (TPSA) is 67.5 Å². The highest BCUT2D eigenvalue weighted by molar-refractivity contribution is 6.59. The van der Waals surface area contributed by atoms with Gasteiger partial charge >= 0.3 is 7.12 Å². The fourth-order valence-corrected chi connectivity index (χ4v) is 1.43. The van der Waals surface area contributed by atoms with Gasteiger partial charge in [0.05, 0.1) is 16.8 Å². The molecule has 6 heteroatoms. The molecule has 0 amide bonds. The molecule has 1 aromatic heterocycles. The van der Waals surface area contributed by atoms with Crippen LogP contribution in [0.5, 0.6) is 0 Å². The molecule has 1 aromatic rings. The zero-order valence-corrected chi connectivity index (χ0v) is 11.8. The number of nitrogens with zero attached hydrogens (tertiary/aromatic N) is 2. The minimum absolute atomic E-state index is 0.606. The Labute approximate surface area is 109 Å². The van der Waals surface area contributed by atoms with E-state index in [2.05, 4.69) is 5.10 Å². The molecule has 102 valence electrons. The van der Waals surface area contributed by atoms with Crippen molar-refractivity contribution < 1.29 is 14.8 Å². The largest absolute Gasteiger partial charge is 0.510 e. The van der Waals surface area contributed by atoms with E-state index in [0.717, 1.165) is 13.0 Å². The molecule has 0 atom stereocenters. The van der Waals surface area contributed by atoms with E-state index in [1.165, 1.54) is 0 Å². The number of hydrogen-bond donors (Lipinski definition) is 2. The zero-order valence-electron chi connectivity index (χ0n) is 11.8. The Morgan fingerprint density at radius 2 is 2.00 bits per heavy atom. The van der Waals surface area contributed by atoms with E-state index in [9.17, 15) is 10.1 Å². The molecule has 18 heavy (non-hydrogen) atoms. The van der Waals surface area contributed by atoms with Crippen molar-refractivity contribution >= 4 is 12.7 Å². The number of rotatable bonds is 6. The van der Waals surface area contributed by atoms with Gasteiger partial charge in [-0.15, -0.1) is 0 Å². The first-order valence-corrected chi connectivity index (χ1v) is 6.29. The highest BCUT2D eigenvalue weighted by Gasteiger charge is 2.40. The van der Waals surface area contributed by atoms with Gasteiger partial charge in [-0.25, -0.2) is 0 Å². The molecule has 0 bridgehead atoms. The maximum absolute atomic E-state index is 10.1. The SMILES string of the molecule is CCCn1nccc1B(O)OC(C)(C)C(C)(C)O. The molecule has 0 unspecified atom stereocenters. The minimum Gasteiger partial charge on any atom is -0.422 e. The van der Waals surface area contributed by atoms with Crippen LogP contribution in [0, 0.1) is 0 Å². The summed E-state index contributed by atoms with van der Waals surface area (Å²) < 4.78 is 7.29. The number of hydrogen-bond acceptors (Lipinski definition) is 4. The molecule has 0 aliphatic carbocycles. The molecule has 0 aromatic carbocycles.